The second-order valence-corrected chi connectivity index (χ2v) is 3.53. The van der Waals surface area contributed by atoms with Crippen molar-refractivity contribution in [3.63, 3.8) is 0 Å². The Bertz CT molecular complexity index is 410. The minimum absolute atomic E-state index is 0.500. The van der Waals surface area contributed by atoms with Gasteiger partial charge in [0.25, 0.3) is 0 Å². The molecule has 0 aliphatic rings. The molecule has 17 heavy (non-hydrogen) atoms. The van der Waals surface area contributed by atoms with Crippen molar-refractivity contribution < 1.29 is 19.4 Å². The Morgan fingerprint density at radius 3 is 2.76 bits per heavy atom. The molecule has 0 atom stereocenters. The topological polar surface area (TPSA) is 55.8 Å². The molecular formula is C13H16O4. The summed E-state index contributed by atoms with van der Waals surface area (Å²) in [5.41, 5.74) is 1.84. The van der Waals surface area contributed by atoms with E-state index in [0.717, 1.165) is 23.0 Å². The van der Waals surface area contributed by atoms with E-state index in [-0.39, 0.29) is 0 Å². The summed E-state index contributed by atoms with van der Waals surface area (Å²) in [7, 11) is 1.62. The van der Waals surface area contributed by atoms with Crippen LogP contribution in [-0.4, -0.2) is 31.4 Å². The minimum Gasteiger partial charge on any atom is -0.491 e. The molecule has 0 fully saturated rings. The van der Waals surface area contributed by atoms with E-state index in [9.17, 15) is 4.79 Å². The molecule has 0 aliphatic heterocycles. The molecule has 0 saturated heterocycles. The highest BCUT2D eigenvalue weighted by Gasteiger charge is 1.99. The largest absolute Gasteiger partial charge is 0.491 e. The van der Waals surface area contributed by atoms with Crippen LogP contribution in [0.15, 0.2) is 24.3 Å². The zero-order valence-electron chi connectivity index (χ0n) is 9.97. The first-order chi connectivity index (χ1) is 8.13. The summed E-state index contributed by atoms with van der Waals surface area (Å²) in [5, 5.41) is 8.54. The standard InChI is InChI=1S/C13H16O4/c1-10-9-12(17-8-7-16-2)5-3-11(10)4-6-13(14)15/h3-6,9H,7-8H2,1-2H3,(H,14,15)/b6-4+. The van der Waals surface area contributed by atoms with Crippen molar-refractivity contribution in [1.29, 1.82) is 0 Å². The molecule has 0 aliphatic carbocycles. The Kier molecular flexibility index (Phi) is 5.23. The molecule has 0 heterocycles. The molecule has 0 radical (unpaired) electrons. The third-order valence-corrected chi connectivity index (χ3v) is 2.20. The van der Waals surface area contributed by atoms with Crippen LogP contribution in [0.25, 0.3) is 6.08 Å². The minimum atomic E-state index is -0.954. The van der Waals surface area contributed by atoms with Crippen LogP contribution in [0, 0.1) is 6.92 Å². The molecule has 92 valence electrons. The Morgan fingerprint density at radius 1 is 1.41 bits per heavy atom. The number of hydrogen-bond acceptors (Lipinski definition) is 3. The SMILES string of the molecule is COCCOc1ccc(/C=C/C(=O)O)c(C)c1. The lowest BCUT2D eigenvalue weighted by Gasteiger charge is -2.07. The molecule has 1 aromatic carbocycles. The van der Waals surface area contributed by atoms with Crippen LogP contribution in [0.3, 0.4) is 0 Å². The van der Waals surface area contributed by atoms with E-state index in [1.807, 2.05) is 25.1 Å². The molecule has 0 amide bonds. The molecule has 0 saturated carbocycles. The number of carbonyl (C=O) groups is 1. The Hall–Kier alpha value is -1.81. The smallest absolute Gasteiger partial charge is 0.328 e. The van der Waals surface area contributed by atoms with Gasteiger partial charge in [0.15, 0.2) is 0 Å². The maximum absolute atomic E-state index is 10.4. The van der Waals surface area contributed by atoms with Crippen molar-refractivity contribution in [1.82, 2.24) is 0 Å². The first kappa shape index (κ1) is 13.3. The lowest BCUT2D eigenvalue weighted by atomic mass is 10.1. The molecule has 0 spiro atoms. The van der Waals surface area contributed by atoms with Crippen LogP contribution in [-0.2, 0) is 9.53 Å². The lowest BCUT2D eigenvalue weighted by Crippen LogP contribution is -2.04. The molecule has 4 nitrogen and oxygen atoms in total. The predicted molar refractivity (Wildman–Crippen MR) is 65.2 cm³/mol. The molecule has 0 aromatic heterocycles. The lowest BCUT2D eigenvalue weighted by molar-refractivity contribution is -0.131. The van der Waals surface area contributed by atoms with E-state index in [2.05, 4.69) is 0 Å². The Labute approximate surface area is 100 Å². The van der Waals surface area contributed by atoms with Gasteiger partial charge < -0.3 is 14.6 Å². The highest BCUT2D eigenvalue weighted by Crippen LogP contribution is 2.18. The second kappa shape index (κ2) is 6.70. The van der Waals surface area contributed by atoms with Crippen LogP contribution in [0.1, 0.15) is 11.1 Å². The average molecular weight is 236 g/mol. The maximum Gasteiger partial charge on any atom is 0.328 e. The van der Waals surface area contributed by atoms with Gasteiger partial charge in [-0.05, 0) is 36.3 Å². The first-order valence-electron chi connectivity index (χ1n) is 5.27. The van der Waals surface area contributed by atoms with Gasteiger partial charge in [-0.15, -0.1) is 0 Å². The normalized spacial score (nSPS) is 10.7. The van der Waals surface area contributed by atoms with Gasteiger partial charge in [-0.3, -0.25) is 0 Å². The predicted octanol–water partition coefficient (Wildman–Crippen LogP) is 2.12. The van der Waals surface area contributed by atoms with E-state index in [0.29, 0.717) is 13.2 Å². The highest BCUT2D eigenvalue weighted by molar-refractivity contribution is 5.85. The van der Waals surface area contributed by atoms with Crippen LogP contribution in [0.4, 0.5) is 0 Å². The number of aliphatic carboxylic acids is 1. The van der Waals surface area contributed by atoms with Crippen molar-refractivity contribution in [3.8, 4) is 5.75 Å². The molecule has 4 heteroatoms. The van der Waals surface area contributed by atoms with Crippen molar-refractivity contribution in [2.45, 2.75) is 6.92 Å². The molecular weight excluding hydrogens is 220 g/mol. The Balaban J connectivity index is 2.69. The van der Waals surface area contributed by atoms with Gasteiger partial charge in [0, 0.05) is 13.2 Å². The fourth-order valence-corrected chi connectivity index (χ4v) is 1.33. The quantitative estimate of drug-likeness (QED) is 0.607. The highest BCUT2D eigenvalue weighted by atomic mass is 16.5. The van der Waals surface area contributed by atoms with Crippen molar-refractivity contribution in [2.75, 3.05) is 20.3 Å². The fraction of sp³-hybridized carbons (Fsp3) is 0.308. The summed E-state index contributed by atoms with van der Waals surface area (Å²) in [6.45, 7) is 2.95. The summed E-state index contributed by atoms with van der Waals surface area (Å²) in [5.74, 6) is -0.197. The fourth-order valence-electron chi connectivity index (χ4n) is 1.33. The number of hydrogen-bond donors (Lipinski definition) is 1. The van der Waals surface area contributed by atoms with Gasteiger partial charge in [-0.2, -0.15) is 0 Å². The molecule has 0 unspecified atom stereocenters. The van der Waals surface area contributed by atoms with Gasteiger partial charge >= 0.3 is 5.97 Å². The van der Waals surface area contributed by atoms with E-state index in [1.54, 1.807) is 13.2 Å². The monoisotopic (exact) mass is 236 g/mol. The van der Waals surface area contributed by atoms with Gasteiger partial charge in [0.1, 0.15) is 12.4 Å². The van der Waals surface area contributed by atoms with Gasteiger partial charge in [0.2, 0.25) is 0 Å². The van der Waals surface area contributed by atoms with E-state index in [1.165, 1.54) is 0 Å². The Morgan fingerprint density at radius 2 is 2.18 bits per heavy atom. The second-order valence-electron chi connectivity index (χ2n) is 3.53. The number of rotatable bonds is 6. The number of ether oxygens (including phenoxy) is 2. The van der Waals surface area contributed by atoms with E-state index < -0.39 is 5.97 Å². The molecule has 1 aromatic rings. The summed E-state index contributed by atoms with van der Waals surface area (Å²) in [6, 6.07) is 5.51. The third-order valence-electron chi connectivity index (χ3n) is 2.20. The number of carboxylic acid groups (broad SMARTS) is 1. The van der Waals surface area contributed by atoms with Crippen molar-refractivity contribution in [2.24, 2.45) is 0 Å². The summed E-state index contributed by atoms with van der Waals surface area (Å²) < 4.78 is 10.3. The number of methoxy groups -OCH3 is 1. The number of benzene rings is 1. The maximum atomic E-state index is 10.4. The van der Waals surface area contributed by atoms with Gasteiger partial charge in [0.05, 0.1) is 6.61 Å². The molecule has 1 N–H and O–H groups in total. The van der Waals surface area contributed by atoms with Crippen molar-refractivity contribution in [3.05, 3.63) is 35.4 Å². The summed E-state index contributed by atoms with van der Waals surface area (Å²) in [6.07, 6.45) is 2.68. The zero-order valence-corrected chi connectivity index (χ0v) is 9.97. The van der Waals surface area contributed by atoms with Crippen LogP contribution < -0.4 is 4.74 Å². The van der Waals surface area contributed by atoms with E-state index >= 15 is 0 Å². The van der Waals surface area contributed by atoms with Crippen LogP contribution in [0.2, 0.25) is 0 Å². The van der Waals surface area contributed by atoms with Crippen LogP contribution in [0.5, 0.6) is 5.75 Å². The first-order valence-corrected chi connectivity index (χ1v) is 5.27. The zero-order chi connectivity index (χ0) is 12.7. The van der Waals surface area contributed by atoms with E-state index in [4.69, 9.17) is 14.6 Å². The van der Waals surface area contributed by atoms with Crippen molar-refractivity contribution >= 4 is 12.0 Å². The van der Waals surface area contributed by atoms with Crippen LogP contribution >= 0.6 is 0 Å². The van der Waals surface area contributed by atoms with Gasteiger partial charge in [-0.25, -0.2) is 4.79 Å². The summed E-state index contributed by atoms with van der Waals surface area (Å²) in [4.78, 5) is 10.4. The number of aryl methyl sites for hydroxylation is 1. The molecule has 1 rings (SSSR count). The average Bonchev–Trinajstić information content (AvgIpc) is 2.28. The molecule has 0 bridgehead atoms. The number of carboxylic acids is 1. The summed E-state index contributed by atoms with van der Waals surface area (Å²) >= 11 is 0. The van der Waals surface area contributed by atoms with Gasteiger partial charge in [-0.1, -0.05) is 6.07 Å². The third kappa shape index (κ3) is 4.70.